The average Bonchev–Trinajstić information content (AvgIpc) is 2.66. The molecular weight excluding hydrogens is 262 g/mol. The lowest BCUT2D eigenvalue weighted by Gasteiger charge is -2.06. The van der Waals surface area contributed by atoms with Gasteiger partial charge >= 0.3 is 5.97 Å². The number of hydrogen-bond acceptors (Lipinski definition) is 3. The quantitative estimate of drug-likeness (QED) is 0.899. The van der Waals surface area contributed by atoms with Crippen molar-refractivity contribution >= 4 is 39.0 Å². The molecule has 100 valence electrons. The Balaban J connectivity index is 2.69. The fourth-order valence-corrected chi connectivity index (χ4v) is 2.90. The third-order valence-corrected chi connectivity index (χ3v) is 4.03. The van der Waals surface area contributed by atoms with Crippen LogP contribution in [-0.4, -0.2) is 17.0 Å². The Labute approximate surface area is 115 Å². The van der Waals surface area contributed by atoms with Gasteiger partial charge in [0.25, 0.3) is 0 Å². The maximum absolute atomic E-state index is 11.3. The third kappa shape index (κ3) is 2.61. The number of anilines is 1. The largest absolute Gasteiger partial charge is 0.477 e. The molecule has 0 atom stereocenters. The SMILES string of the molecule is CC(=O)Nc1c(C(=O)O)sc2ccc(C(C)C)cc12. The predicted molar refractivity (Wildman–Crippen MR) is 77.2 cm³/mol. The van der Waals surface area contributed by atoms with Crippen LogP contribution in [0.3, 0.4) is 0 Å². The van der Waals surface area contributed by atoms with E-state index in [1.165, 1.54) is 18.3 Å². The predicted octanol–water partition coefficient (Wildman–Crippen LogP) is 3.68. The molecule has 0 aliphatic carbocycles. The molecule has 5 heteroatoms. The minimum atomic E-state index is -1.02. The molecule has 1 amide bonds. The van der Waals surface area contributed by atoms with Crippen molar-refractivity contribution in [1.82, 2.24) is 0 Å². The van der Waals surface area contributed by atoms with Crippen LogP contribution in [0.5, 0.6) is 0 Å². The highest BCUT2D eigenvalue weighted by molar-refractivity contribution is 7.21. The van der Waals surface area contributed by atoms with Crippen molar-refractivity contribution < 1.29 is 14.7 Å². The number of nitrogens with one attached hydrogen (secondary N) is 1. The fraction of sp³-hybridized carbons (Fsp3) is 0.286. The molecule has 1 aromatic carbocycles. The Morgan fingerprint density at radius 2 is 2.00 bits per heavy atom. The number of amides is 1. The zero-order valence-electron chi connectivity index (χ0n) is 11.0. The van der Waals surface area contributed by atoms with E-state index in [2.05, 4.69) is 19.2 Å². The minimum Gasteiger partial charge on any atom is -0.477 e. The Kier molecular flexibility index (Phi) is 3.57. The molecule has 0 aliphatic rings. The van der Waals surface area contributed by atoms with Gasteiger partial charge in [0.1, 0.15) is 4.88 Å². The van der Waals surface area contributed by atoms with E-state index in [9.17, 15) is 14.7 Å². The van der Waals surface area contributed by atoms with Crippen molar-refractivity contribution in [2.75, 3.05) is 5.32 Å². The number of thiophene rings is 1. The number of rotatable bonds is 3. The van der Waals surface area contributed by atoms with Crippen LogP contribution in [0, 0.1) is 0 Å². The van der Waals surface area contributed by atoms with Crippen LogP contribution in [0.2, 0.25) is 0 Å². The zero-order chi connectivity index (χ0) is 14.2. The first-order valence-electron chi connectivity index (χ1n) is 5.97. The highest BCUT2D eigenvalue weighted by Crippen LogP contribution is 2.37. The summed E-state index contributed by atoms with van der Waals surface area (Å²) in [6.07, 6.45) is 0. The molecule has 4 nitrogen and oxygen atoms in total. The molecule has 0 spiro atoms. The van der Waals surface area contributed by atoms with Gasteiger partial charge in [0.2, 0.25) is 5.91 Å². The summed E-state index contributed by atoms with van der Waals surface area (Å²) in [5, 5.41) is 12.6. The molecule has 0 bridgehead atoms. The normalized spacial score (nSPS) is 10.9. The molecule has 1 heterocycles. The number of carbonyl (C=O) groups is 2. The lowest BCUT2D eigenvalue weighted by molar-refractivity contribution is -0.114. The van der Waals surface area contributed by atoms with Crippen LogP contribution in [0.15, 0.2) is 18.2 Å². The Morgan fingerprint density at radius 3 is 2.53 bits per heavy atom. The van der Waals surface area contributed by atoms with Crippen LogP contribution in [0.25, 0.3) is 10.1 Å². The summed E-state index contributed by atoms with van der Waals surface area (Å²) in [5.74, 6) is -0.934. The summed E-state index contributed by atoms with van der Waals surface area (Å²) in [5.41, 5.74) is 1.52. The smallest absolute Gasteiger partial charge is 0.348 e. The third-order valence-electron chi connectivity index (χ3n) is 2.87. The molecule has 1 aromatic heterocycles. The van der Waals surface area contributed by atoms with Gasteiger partial charge in [-0.1, -0.05) is 19.9 Å². The van der Waals surface area contributed by atoms with Gasteiger partial charge in [0, 0.05) is 17.0 Å². The maximum Gasteiger partial charge on any atom is 0.348 e. The Bertz CT molecular complexity index is 658. The summed E-state index contributed by atoms with van der Waals surface area (Å²) >= 11 is 1.18. The van der Waals surface area contributed by atoms with Gasteiger partial charge in [-0.3, -0.25) is 4.79 Å². The molecule has 2 aromatic rings. The van der Waals surface area contributed by atoms with E-state index in [-0.39, 0.29) is 10.8 Å². The molecular formula is C14H15NO3S. The van der Waals surface area contributed by atoms with Gasteiger partial charge in [0.05, 0.1) is 5.69 Å². The summed E-state index contributed by atoms with van der Waals surface area (Å²) in [7, 11) is 0. The van der Waals surface area contributed by atoms with Gasteiger partial charge in [-0.05, 0) is 23.6 Å². The van der Waals surface area contributed by atoms with E-state index in [1.54, 1.807) is 0 Å². The summed E-state index contributed by atoms with van der Waals surface area (Å²) in [4.78, 5) is 22.7. The molecule has 0 aliphatic heterocycles. The van der Waals surface area contributed by atoms with Crippen molar-refractivity contribution in [2.45, 2.75) is 26.7 Å². The monoisotopic (exact) mass is 277 g/mol. The van der Waals surface area contributed by atoms with Crippen molar-refractivity contribution in [2.24, 2.45) is 0 Å². The van der Waals surface area contributed by atoms with E-state index < -0.39 is 5.97 Å². The molecule has 19 heavy (non-hydrogen) atoms. The lowest BCUT2D eigenvalue weighted by atomic mass is 10.0. The number of aromatic carboxylic acids is 1. The maximum atomic E-state index is 11.3. The standard InChI is InChI=1S/C14H15NO3S/c1-7(2)9-4-5-11-10(6-9)12(15-8(3)16)13(19-11)14(17)18/h4-7H,1-3H3,(H,15,16)(H,17,18). The second-order valence-corrected chi connectivity index (χ2v) is 5.76. The number of carbonyl (C=O) groups excluding carboxylic acids is 1. The molecule has 0 unspecified atom stereocenters. The van der Waals surface area contributed by atoms with Crippen molar-refractivity contribution in [3.05, 3.63) is 28.6 Å². The van der Waals surface area contributed by atoms with Gasteiger partial charge < -0.3 is 10.4 Å². The van der Waals surface area contributed by atoms with Gasteiger partial charge in [0.15, 0.2) is 0 Å². The Hall–Kier alpha value is -1.88. The number of carboxylic acid groups (broad SMARTS) is 1. The average molecular weight is 277 g/mol. The second-order valence-electron chi connectivity index (χ2n) is 4.70. The molecule has 0 radical (unpaired) electrons. The van der Waals surface area contributed by atoms with Crippen molar-refractivity contribution in [3.8, 4) is 0 Å². The summed E-state index contributed by atoms with van der Waals surface area (Å²) in [6.45, 7) is 5.52. The van der Waals surface area contributed by atoms with Gasteiger partial charge in [-0.15, -0.1) is 11.3 Å². The highest BCUT2D eigenvalue weighted by atomic mass is 32.1. The van der Waals surface area contributed by atoms with Gasteiger partial charge in [-0.2, -0.15) is 0 Å². The van der Waals surface area contributed by atoms with E-state index in [4.69, 9.17) is 0 Å². The van der Waals surface area contributed by atoms with E-state index in [0.717, 1.165) is 15.6 Å². The fourth-order valence-electron chi connectivity index (χ4n) is 1.93. The number of carboxylic acids is 1. The van der Waals surface area contributed by atoms with E-state index >= 15 is 0 Å². The Morgan fingerprint density at radius 1 is 1.32 bits per heavy atom. The van der Waals surface area contributed by atoms with E-state index in [1.807, 2.05) is 18.2 Å². The molecule has 0 saturated heterocycles. The number of fused-ring (bicyclic) bond motifs is 1. The number of hydrogen-bond donors (Lipinski definition) is 2. The van der Waals surface area contributed by atoms with Crippen molar-refractivity contribution in [3.63, 3.8) is 0 Å². The first-order chi connectivity index (χ1) is 8.90. The number of benzene rings is 1. The molecule has 0 fully saturated rings. The van der Waals surface area contributed by atoms with Crippen LogP contribution >= 0.6 is 11.3 Å². The summed E-state index contributed by atoms with van der Waals surface area (Å²) < 4.78 is 0.866. The molecule has 2 rings (SSSR count). The van der Waals surface area contributed by atoms with Crippen LogP contribution in [-0.2, 0) is 4.79 Å². The minimum absolute atomic E-state index is 0.172. The zero-order valence-corrected chi connectivity index (χ0v) is 11.8. The van der Waals surface area contributed by atoms with Crippen molar-refractivity contribution in [1.29, 1.82) is 0 Å². The topological polar surface area (TPSA) is 66.4 Å². The first-order valence-corrected chi connectivity index (χ1v) is 6.79. The molecule has 2 N–H and O–H groups in total. The second kappa shape index (κ2) is 5.01. The lowest BCUT2D eigenvalue weighted by Crippen LogP contribution is -2.08. The highest BCUT2D eigenvalue weighted by Gasteiger charge is 2.19. The summed E-state index contributed by atoms with van der Waals surface area (Å²) in [6, 6.07) is 5.86. The first kappa shape index (κ1) is 13.5. The van der Waals surface area contributed by atoms with Gasteiger partial charge in [-0.25, -0.2) is 4.79 Å². The van der Waals surface area contributed by atoms with Crippen LogP contribution < -0.4 is 5.32 Å². The van der Waals surface area contributed by atoms with E-state index in [0.29, 0.717) is 11.6 Å². The van der Waals surface area contributed by atoms with Crippen LogP contribution in [0.1, 0.15) is 41.9 Å². The molecule has 0 saturated carbocycles. The van der Waals surface area contributed by atoms with Crippen LogP contribution in [0.4, 0.5) is 5.69 Å².